The van der Waals surface area contributed by atoms with Gasteiger partial charge < -0.3 is 15.5 Å². The molecule has 0 amide bonds. The first-order valence-electron chi connectivity index (χ1n) is 5.23. The summed E-state index contributed by atoms with van der Waals surface area (Å²) in [5.41, 5.74) is 0.440. The molecule has 1 rings (SSSR count). The number of halogens is 1. The fourth-order valence-electron chi connectivity index (χ4n) is 1.35. The first-order chi connectivity index (χ1) is 7.44. The second-order valence-corrected chi connectivity index (χ2v) is 4.34. The molecule has 1 unspecified atom stereocenters. The number of aliphatic hydroxyl groups is 2. The average molecular weight is 227 g/mol. The Morgan fingerprint density at radius 1 is 1.44 bits per heavy atom. The van der Waals surface area contributed by atoms with E-state index in [1.165, 1.54) is 6.07 Å². The summed E-state index contributed by atoms with van der Waals surface area (Å²) in [4.78, 5) is 0. The van der Waals surface area contributed by atoms with E-state index in [0.717, 1.165) is 5.56 Å². The number of benzene rings is 1. The number of hydrogen-bond donors (Lipinski definition) is 3. The van der Waals surface area contributed by atoms with Crippen LogP contribution in [0.2, 0.25) is 0 Å². The molecule has 0 radical (unpaired) electrons. The largest absolute Gasteiger partial charge is 0.393 e. The Labute approximate surface area is 94.9 Å². The molecule has 4 heteroatoms. The van der Waals surface area contributed by atoms with Crippen LogP contribution in [0.3, 0.4) is 0 Å². The summed E-state index contributed by atoms with van der Waals surface area (Å²) >= 11 is 0. The second kappa shape index (κ2) is 5.39. The van der Waals surface area contributed by atoms with Gasteiger partial charge in [0.1, 0.15) is 5.82 Å². The van der Waals surface area contributed by atoms with Gasteiger partial charge in [0, 0.05) is 13.1 Å². The summed E-state index contributed by atoms with van der Waals surface area (Å²) in [6.07, 6.45) is 0. The van der Waals surface area contributed by atoms with Gasteiger partial charge in [-0.1, -0.05) is 12.1 Å². The summed E-state index contributed by atoms with van der Waals surface area (Å²) in [5, 5.41) is 21.4. The van der Waals surface area contributed by atoms with Crippen LogP contribution in [0.15, 0.2) is 18.2 Å². The minimum atomic E-state index is -1.12. The summed E-state index contributed by atoms with van der Waals surface area (Å²) in [7, 11) is 0. The number of nitrogens with one attached hydrogen (secondary N) is 1. The van der Waals surface area contributed by atoms with Gasteiger partial charge >= 0.3 is 0 Å². The Balaban J connectivity index is 2.46. The van der Waals surface area contributed by atoms with E-state index in [-0.39, 0.29) is 12.4 Å². The van der Waals surface area contributed by atoms with Gasteiger partial charge in [-0.2, -0.15) is 0 Å². The van der Waals surface area contributed by atoms with Gasteiger partial charge in [0.15, 0.2) is 0 Å². The number of rotatable bonds is 5. The molecule has 0 bridgehead atoms. The Bertz CT molecular complexity index is 353. The van der Waals surface area contributed by atoms with Gasteiger partial charge in [-0.15, -0.1) is 0 Å². The highest BCUT2D eigenvalue weighted by atomic mass is 19.1. The van der Waals surface area contributed by atoms with Crippen molar-refractivity contribution in [1.82, 2.24) is 5.32 Å². The summed E-state index contributed by atoms with van der Waals surface area (Å²) in [6, 6.07) is 4.88. The Morgan fingerprint density at radius 3 is 2.69 bits per heavy atom. The summed E-state index contributed by atoms with van der Waals surface area (Å²) < 4.78 is 13.0. The number of aryl methyl sites for hydroxylation is 1. The van der Waals surface area contributed by atoms with Crippen LogP contribution in [0.25, 0.3) is 0 Å². The van der Waals surface area contributed by atoms with Crippen molar-refractivity contribution >= 4 is 0 Å². The topological polar surface area (TPSA) is 52.5 Å². The minimum Gasteiger partial charge on any atom is -0.393 e. The molecular formula is C12H18FNO2. The maximum Gasteiger partial charge on any atom is 0.126 e. The molecule has 0 saturated heterocycles. The zero-order valence-electron chi connectivity index (χ0n) is 9.63. The molecule has 1 aromatic carbocycles. The van der Waals surface area contributed by atoms with E-state index in [2.05, 4.69) is 5.32 Å². The molecule has 0 heterocycles. The molecule has 90 valence electrons. The maximum atomic E-state index is 13.0. The number of aliphatic hydroxyl groups excluding tert-OH is 1. The van der Waals surface area contributed by atoms with E-state index in [1.807, 2.05) is 0 Å². The normalized spacial score (nSPS) is 14.8. The lowest BCUT2D eigenvalue weighted by molar-refractivity contribution is 0.00254. The molecule has 0 spiro atoms. The van der Waals surface area contributed by atoms with Crippen LogP contribution in [0.5, 0.6) is 0 Å². The van der Waals surface area contributed by atoms with E-state index in [0.29, 0.717) is 18.7 Å². The lowest BCUT2D eigenvalue weighted by Gasteiger charge is -2.20. The fourth-order valence-corrected chi connectivity index (χ4v) is 1.35. The SMILES string of the molecule is Cc1cc(CNCC(C)(O)CO)ccc1F. The van der Waals surface area contributed by atoms with Gasteiger partial charge in [0.25, 0.3) is 0 Å². The van der Waals surface area contributed by atoms with Crippen LogP contribution in [-0.2, 0) is 6.54 Å². The van der Waals surface area contributed by atoms with Crippen molar-refractivity contribution < 1.29 is 14.6 Å². The molecule has 16 heavy (non-hydrogen) atoms. The third-order valence-corrected chi connectivity index (χ3v) is 2.40. The molecule has 0 aliphatic rings. The van der Waals surface area contributed by atoms with E-state index in [1.54, 1.807) is 26.0 Å². The zero-order valence-corrected chi connectivity index (χ0v) is 9.63. The molecular weight excluding hydrogens is 209 g/mol. The predicted octanol–water partition coefficient (Wildman–Crippen LogP) is 0.967. The zero-order chi connectivity index (χ0) is 12.2. The maximum absolute atomic E-state index is 13.0. The first kappa shape index (κ1) is 13.1. The Hall–Kier alpha value is -0.970. The van der Waals surface area contributed by atoms with Crippen LogP contribution in [-0.4, -0.2) is 29.0 Å². The molecule has 0 aliphatic heterocycles. The lowest BCUT2D eigenvalue weighted by Crippen LogP contribution is -2.40. The van der Waals surface area contributed by atoms with Crippen molar-refractivity contribution in [3.8, 4) is 0 Å². The average Bonchev–Trinajstić information content (AvgIpc) is 2.23. The van der Waals surface area contributed by atoms with Crippen LogP contribution < -0.4 is 5.32 Å². The smallest absolute Gasteiger partial charge is 0.126 e. The van der Waals surface area contributed by atoms with Gasteiger partial charge in [-0.3, -0.25) is 0 Å². The third kappa shape index (κ3) is 3.89. The molecule has 0 fully saturated rings. The fraction of sp³-hybridized carbons (Fsp3) is 0.500. The molecule has 0 aromatic heterocycles. The van der Waals surface area contributed by atoms with Gasteiger partial charge in [0.2, 0.25) is 0 Å². The minimum absolute atomic E-state index is 0.217. The molecule has 0 aliphatic carbocycles. The monoisotopic (exact) mass is 227 g/mol. The first-order valence-corrected chi connectivity index (χ1v) is 5.23. The molecule has 0 saturated carbocycles. The van der Waals surface area contributed by atoms with E-state index < -0.39 is 5.60 Å². The van der Waals surface area contributed by atoms with Crippen molar-refractivity contribution in [2.24, 2.45) is 0 Å². The quantitative estimate of drug-likeness (QED) is 0.702. The van der Waals surface area contributed by atoms with Gasteiger partial charge in [-0.05, 0) is 31.0 Å². The molecule has 1 atom stereocenters. The lowest BCUT2D eigenvalue weighted by atomic mass is 10.1. The molecule has 3 nitrogen and oxygen atoms in total. The summed E-state index contributed by atoms with van der Waals surface area (Å²) in [5.74, 6) is -0.217. The highest BCUT2D eigenvalue weighted by Crippen LogP contribution is 2.09. The summed E-state index contributed by atoms with van der Waals surface area (Å²) in [6.45, 7) is 3.80. The predicted molar refractivity (Wildman–Crippen MR) is 60.6 cm³/mol. The van der Waals surface area contributed by atoms with E-state index >= 15 is 0 Å². The highest BCUT2D eigenvalue weighted by Gasteiger charge is 2.17. The van der Waals surface area contributed by atoms with E-state index in [9.17, 15) is 9.50 Å². The molecule has 1 aromatic rings. The van der Waals surface area contributed by atoms with Crippen molar-refractivity contribution in [1.29, 1.82) is 0 Å². The van der Waals surface area contributed by atoms with Gasteiger partial charge in [-0.25, -0.2) is 4.39 Å². The van der Waals surface area contributed by atoms with Crippen LogP contribution in [0.1, 0.15) is 18.1 Å². The van der Waals surface area contributed by atoms with Crippen molar-refractivity contribution in [2.45, 2.75) is 26.0 Å². The van der Waals surface area contributed by atoms with Crippen molar-refractivity contribution in [3.05, 3.63) is 35.1 Å². The number of hydrogen-bond acceptors (Lipinski definition) is 3. The van der Waals surface area contributed by atoms with Crippen LogP contribution in [0.4, 0.5) is 4.39 Å². The van der Waals surface area contributed by atoms with Crippen LogP contribution >= 0.6 is 0 Å². The van der Waals surface area contributed by atoms with Crippen LogP contribution in [0, 0.1) is 12.7 Å². The third-order valence-electron chi connectivity index (χ3n) is 2.40. The van der Waals surface area contributed by atoms with E-state index in [4.69, 9.17) is 5.11 Å². The van der Waals surface area contributed by atoms with Crippen molar-refractivity contribution in [2.75, 3.05) is 13.2 Å². The van der Waals surface area contributed by atoms with Crippen molar-refractivity contribution in [3.63, 3.8) is 0 Å². The Morgan fingerprint density at radius 2 is 2.12 bits per heavy atom. The highest BCUT2D eigenvalue weighted by molar-refractivity contribution is 5.23. The van der Waals surface area contributed by atoms with Gasteiger partial charge in [0.05, 0.1) is 12.2 Å². The molecule has 3 N–H and O–H groups in total. The Kier molecular flexibility index (Phi) is 4.41. The second-order valence-electron chi connectivity index (χ2n) is 4.34. The standard InChI is InChI=1S/C12H18FNO2/c1-9-5-10(3-4-11(9)13)6-14-7-12(2,16)8-15/h3-5,14-16H,6-8H2,1-2H3.